The molecule has 1 saturated heterocycles. The topological polar surface area (TPSA) is 69.3 Å². The standard InChI is InChI=1S/C25H28N4O2S2/c1-6-27(7-2)22-19(16(4)20(15-26)23(30)28(22)8-3)14-21-24(31)29(25(32)33-21)17(5)18-12-10-9-11-13-18/h9-14,17H,6-8H2,1-5H3/b21-14-. The fourth-order valence-electron chi connectivity index (χ4n) is 4.13. The van der Waals surface area contributed by atoms with Gasteiger partial charge in [-0.3, -0.25) is 19.1 Å². The van der Waals surface area contributed by atoms with E-state index in [2.05, 4.69) is 11.0 Å². The molecule has 0 bridgehead atoms. The minimum absolute atomic E-state index is 0.104. The number of hydrogen-bond donors (Lipinski definition) is 0. The fourth-order valence-corrected chi connectivity index (χ4v) is 5.53. The molecular formula is C25H28N4O2S2. The van der Waals surface area contributed by atoms with Crippen LogP contribution in [0.3, 0.4) is 0 Å². The zero-order valence-electron chi connectivity index (χ0n) is 19.6. The predicted molar refractivity (Wildman–Crippen MR) is 139 cm³/mol. The SMILES string of the molecule is CCN(CC)c1c(/C=C2\SC(=S)N(C(C)c3ccccc3)C2=O)c(C)c(C#N)c(=O)n1CC. The van der Waals surface area contributed by atoms with Gasteiger partial charge in [0.2, 0.25) is 0 Å². The molecule has 0 N–H and O–H groups in total. The molecule has 6 nitrogen and oxygen atoms in total. The number of nitriles is 1. The number of amides is 1. The molecule has 8 heteroatoms. The third-order valence-corrected chi connectivity index (χ3v) is 7.32. The molecule has 0 aliphatic carbocycles. The van der Waals surface area contributed by atoms with Crippen LogP contribution < -0.4 is 10.5 Å². The molecule has 1 atom stereocenters. The van der Waals surface area contributed by atoms with Crippen molar-refractivity contribution >= 4 is 46.1 Å². The Hall–Kier alpha value is -2.89. The second-order valence-corrected chi connectivity index (χ2v) is 9.38. The summed E-state index contributed by atoms with van der Waals surface area (Å²) in [6, 6.07) is 11.6. The lowest BCUT2D eigenvalue weighted by molar-refractivity contribution is -0.123. The Morgan fingerprint density at radius 1 is 1.18 bits per heavy atom. The fraction of sp³-hybridized carbons (Fsp3) is 0.360. The first-order chi connectivity index (χ1) is 15.8. The van der Waals surface area contributed by atoms with Gasteiger partial charge in [-0.25, -0.2) is 0 Å². The molecule has 1 fully saturated rings. The van der Waals surface area contributed by atoms with E-state index in [-0.39, 0.29) is 23.1 Å². The maximum atomic E-state index is 13.4. The molecule has 1 aromatic heterocycles. The summed E-state index contributed by atoms with van der Waals surface area (Å²) in [7, 11) is 0. The van der Waals surface area contributed by atoms with Crippen molar-refractivity contribution in [3.8, 4) is 6.07 Å². The molecule has 33 heavy (non-hydrogen) atoms. The molecule has 2 aromatic rings. The van der Waals surface area contributed by atoms with Gasteiger partial charge in [-0.1, -0.05) is 54.3 Å². The molecule has 2 heterocycles. The number of rotatable bonds is 7. The highest BCUT2D eigenvalue weighted by atomic mass is 32.2. The highest BCUT2D eigenvalue weighted by Gasteiger charge is 2.36. The monoisotopic (exact) mass is 480 g/mol. The summed E-state index contributed by atoms with van der Waals surface area (Å²) >= 11 is 6.83. The number of benzene rings is 1. The number of pyridine rings is 1. The van der Waals surface area contributed by atoms with Gasteiger partial charge in [-0.2, -0.15) is 5.26 Å². The van der Waals surface area contributed by atoms with Crippen LogP contribution in [0.15, 0.2) is 40.0 Å². The highest BCUT2D eigenvalue weighted by Crippen LogP contribution is 2.39. The minimum Gasteiger partial charge on any atom is -0.358 e. The molecule has 1 aliphatic heterocycles. The number of carbonyl (C=O) groups is 1. The molecule has 1 unspecified atom stereocenters. The first-order valence-corrected chi connectivity index (χ1v) is 12.3. The van der Waals surface area contributed by atoms with Crippen LogP contribution in [-0.2, 0) is 11.3 Å². The third-order valence-electron chi connectivity index (χ3n) is 5.99. The van der Waals surface area contributed by atoms with E-state index in [1.807, 2.05) is 58.0 Å². The van der Waals surface area contributed by atoms with Crippen LogP contribution in [0, 0.1) is 18.3 Å². The number of anilines is 1. The lowest BCUT2D eigenvalue weighted by atomic mass is 10.0. The molecule has 1 aromatic carbocycles. The number of aromatic nitrogens is 1. The lowest BCUT2D eigenvalue weighted by Gasteiger charge is -2.28. The van der Waals surface area contributed by atoms with E-state index in [4.69, 9.17) is 12.2 Å². The Morgan fingerprint density at radius 2 is 1.82 bits per heavy atom. The molecule has 172 valence electrons. The van der Waals surface area contributed by atoms with Gasteiger partial charge < -0.3 is 4.90 Å². The molecule has 1 aliphatic rings. The second kappa shape index (κ2) is 10.4. The predicted octanol–water partition coefficient (Wildman–Crippen LogP) is 4.86. The average molecular weight is 481 g/mol. The molecule has 0 radical (unpaired) electrons. The zero-order valence-corrected chi connectivity index (χ0v) is 21.2. The van der Waals surface area contributed by atoms with Crippen molar-refractivity contribution in [2.24, 2.45) is 0 Å². The number of hydrogen-bond acceptors (Lipinski definition) is 6. The van der Waals surface area contributed by atoms with E-state index in [9.17, 15) is 14.9 Å². The van der Waals surface area contributed by atoms with Crippen molar-refractivity contribution in [2.75, 3.05) is 18.0 Å². The van der Waals surface area contributed by atoms with Crippen molar-refractivity contribution in [3.05, 3.63) is 67.8 Å². The quantitative estimate of drug-likeness (QED) is 0.417. The maximum Gasteiger partial charge on any atom is 0.270 e. The number of nitrogens with zero attached hydrogens (tertiary/aromatic N) is 4. The van der Waals surface area contributed by atoms with E-state index in [1.54, 1.807) is 22.5 Å². The number of carbonyl (C=O) groups excluding carboxylic acids is 1. The van der Waals surface area contributed by atoms with E-state index in [1.165, 1.54) is 11.8 Å². The van der Waals surface area contributed by atoms with Crippen LogP contribution in [0.4, 0.5) is 5.82 Å². The van der Waals surface area contributed by atoms with Gasteiger partial charge >= 0.3 is 0 Å². The normalized spacial score (nSPS) is 15.8. The first-order valence-electron chi connectivity index (χ1n) is 11.0. The molecule has 3 rings (SSSR count). The molecule has 0 saturated carbocycles. The Morgan fingerprint density at radius 3 is 2.36 bits per heavy atom. The largest absolute Gasteiger partial charge is 0.358 e. The Labute approximate surface area is 204 Å². The number of thioether (sulfide) groups is 1. The Balaban J connectivity index is 2.18. The van der Waals surface area contributed by atoms with Gasteiger partial charge in [0, 0.05) is 25.2 Å². The summed E-state index contributed by atoms with van der Waals surface area (Å²) in [5.74, 6) is 0.560. The van der Waals surface area contributed by atoms with Crippen molar-refractivity contribution < 1.29 is 4.79 Å². The first kappa shape index (κ1) is 24.7. The van der Waals surface area contributed by atoms with Crippen molar-refractivity contribution in [1.82, 2.24) is 9.47 Å². The van der Waals surface area contributed by atoms with Crippen LogP contribution in [-0.4, -0.2) is 32.8 Å². The summed E-state index contributed by atoms with van der Waals surface area (Å²) in [5, 5.41) is 9.68. The van der Waals surface area contributed by atoms with Crippen molar-refractivity contribution in [3.63, 3.8) is 0 Å². The maximum absolute atomic E-state index is 13.4. The lowest BCUT2D eigenvalue weighted by Crippen LogP contribution is -2.34. The van der Waals surface area contributed by atoms with Gasteiger partial charge in [-0.15, -0.1) is 0 Å². The van der Waals surface area contributed by atoms with Gasteiger partial charge in [0.05, 0.1) is 10.9 Å². The van der Waals surface area contributed by atoms with Gasteiger partial charge in [0.15, 0.2) is 0 Å². The van der Waals surface area contributed by atoms with E-state index in [0.717, 1.165) is 11.4 Å². The molecular weight excluding hydrogens is 452 g/mol. The summed E-state index contributed by atoms with van der Waals surface area (Å²) in [4.78, 5) is 30.7. The third kappa shape index (κ3) is 4.48. The van der Waals surface area contributed by atoms with E-state index >= 15 is 0 Å². The highest BCUT2D eigenvalue weighted by molar-refractivity contribution is 8.26. The summed E-state index contributed by atoms with van der Waals surface area (Å²) < 4.78 is 2.12. The van der Waals surface area contributed by atoms with Gasteiger partial charge in [0.1, 0.15) is 21.8 Å². The minimum atomic E-state index is -0.304. The van der Waals surface area contributed by atoms with Gasteiger partial charge in [0.25, 0.3) is 11.5 Å². The van der Waals surface area contributed by atoms with Crippen LogP contribution in [0.2, 0.25) is 0 Å². The van der Waals surface area contributed by atoms with Gasteiger partial charge in [-0.05, 0) is 51.8 Å². The average Bonchev–Trinajstić information content (AvgIpc) is 3.10. The van der Waals surface area contributed by atoms with Crippen molar-refractivity contribution in [1.29, 1.82) is 5.26 Å². The van der Waals surface area contributed by atoms with Crippen LogP contribution >= 0.6 is 24.0 Å². The van der Waals surface area contributed by atoms with Crippen molar-refractivity contribution in [2.45, 2.75) is 47.2 Å². The smallest absolute Gasteiger partial charge is 0.270 e. The summed E-state index contributed by atoms with van der Waals surface area (Å²) in [6.07, 6.45) is 1.80. The zero-order chi connectivity index (χ0) is 24.3. The number of thiocarbonyl (C=S) groups is 1. The van der Waals surface area contributed by atoms with Crippen LogP contribution in [0.1, 0.15) is 56.0 Å². The molecule has 0 spiro atoms. The summed E-state index contributed by atoms with van der Waals surface area (Å²) in [6.45, 7) is 11.5. The Kier molecular flexibility index (Phi) is 7.77. The Bertz CT molecular complexity index is 1210. The van der Waals surface area contributed by atoms with E-state index in [0.29, 0.717) is 40.0 Å². The molecule has 1 amide bonds. The summed E-state index contributed by atoms with van der Waals surface area (Å²) in [5.41, 5.74) is 2.09. The van der Waals surface area contributed by atoms with E-state index < -0.39 is 0 Å². The second-order valence-electron chi connectivity index (χ2n) is 7.71. The van der Waals surface area contributed by atoms with Crippen LogP contribution in [0.25, 0.3) is 6.08 Å². The van der Waals surface area contributed by atoms with Crippen LogP contribution in [0.5, 0.6) is 0 Å².